The standard InChI is InChI=1S/C13H24N4O.ClH/c1-9(8-14-5)12(18)15-11-6-10(16-17-11)7-13(2,3)4;/h6,9,14H,7-8H2,1-5H3,(H2,15,16,17,18);1H. The second-order valence-corrected chi connectivity index (χ2v) is 5.96. The van der Waals surface area contributed by atoms with Crippen LogP contribution >= 0.6 is 12.4 Å². The van der Waals surface area contributed by atoms with Gasteiger partial charge in [-0.05, 0) is 18.9 Å². The second-order valence-electron chi connectivity index (χ2n) is 5.96. The highest BCUT2D eigenvalue weighted by molar-refractivity contribution is 5.91. The highest BCUT2D eigenvalue weighted by atomic mass is 35.5. The van der Waals surface area contributed by atoms with Crippen molar-refractivity contribution >= 4 is 24.1 Å². The molecule has 0 fully saturated rings. The summed E-state index contributed by atoms with van der Waals surface area (Å²) in [4.78, 5) is 11.8. The van der Waals surface area contributed by atoms with E-state index in [1.54, 1.807) is 0 Å². The van der Waals surface area contributed by atoms with Gasteiger partial charge in [0.05, 0.1) is 0 Å². The van der Waals surface area contributed by atoms with Gasteiger partial charge in [-0.3, -0.25) is 9.89 Å². The number of halogens is 1. The molecule has 1 aromatic heterocycles. The van der Waals surface area contributed by atoms with Gasteiger partial charge in [-0.15, -0.1) is 12.4 Å². The summed E-state index contributed by atoms with van der Waals surface area (Å²) in [5.41, 5.74) is 1.24. The zero-order chi connectivity index (χ0) is 13.8. The van der Waals surface area contributed by atoms with E-state index in [0.29, 0.717) is 12.4 Å². The van der Waals surface area contributed by atoms with Crippen molar-refractivity contribution in [1.82, 2.24) is 15.5 Å². The summed E-state index contributed by atoms with van der Waals surface area (Å²) in [6, 6.07) is 1.90. The summed E-state index contributed by atoms with van der Waals surface area (Å²) < 4.78 is 0. The number of aromatic amines is 1. The third kappa shape index (κ3) is 6.59. The van der Waals surface area contributed by atoms with Crippen LogP contribution < -0.4 is 10.6 Å². The summed E-state index contributed by atoms with van der Waals surface area (Å²) in [5.74, 6) is 0.512. The van der Waals surface area contributed by atoms with Crippen LogP contribution in [0.1, 0.15) is 33.4 Å². The number of nitrogens with zero attached hydrogens (tertiary/aromatic N) is 1. The first-order valence-corrected chi connectivity index (χ1v) is 6.31. The van der Waals surface area contributed by atoms with E-state index in [-0.39, 0.29) is 29.6 Å². The fraction of sp³-hybridized carbons (Fsp3) is 0.692. The number of carbonyl (C=O) groups excluding carboxylic acids is 1. The van der Waals surface area contributed by atoms with E-state index in [1.807, 2.05) is 20.0 Å². The Labute approximate surface area is 121 Å². The number of anilines is 1. The molecule has 1 heterocycles. The van der Waals surface area contributed by atoms with E-state index >= 15 is 0 Å². The van der Waals surface area contributed by atoms with Gasteiger partial charge in [0.1, 0.15) is 0 Å². The lowest BCUT2D eigenvalue weighted by Gasteiger charge is -2.15. The van der Waals surface area contributed by atoms with Gasteiger partial charge in [-0.1, -0.05) is 27.7 Å². The summed E-state index contributed by atoms with van der Waals surface area (Å²) in [6.45, 7) is 9.04. The maximum Gasteiger partial charge on any atom is 0.229 e. The van der Waals surface area contributed by atoms with E-state index in [2.05, 4.69) is 41.6 Å². The van der Waals surface area contributed by atoms with Crippen molar-refractivity contribution in [3.05, 3.63) is 11.8 Å². The fourth-order valence-electron chi connectivity index (χ4n) is 1.74. The highest BCUT2D eigenvalue weighted by Gasteiger charge is 2.16. The minimum Gasteiger partial charge on any atom is -0.319 e. The normalized spacial score (nSPS) is 12.7. The summed E-state index contributed by atoms with van der Waals surface area (Å²) in [7, 11) is 1.83. The van der Waals surface area contributed by atoms with Crippen LogP contribution in [0.25, 0.3) is 0 Å². The van der Waals surface area contributed by atoms with E-state index < -0.39 is 0 Å². The van der Waals surface area contributed by atoms with Crippen molar-refractivity contribution < 1.29 is 4.79 Å². The Morgan fingerprint density at radius 1 is 1.47 bits per heavy atom. The first kappa shape index (κ1) is 17.9. The van der Waals surface area contributed by atoms with Crippen molar-refractivity contribution in [3.8, 4) is 0 Å². The van der Waals surface area contributed by atoms with Crippen LogP contribution in [0, 0.1) is 11.3 Å². The predicted molar refractivity (Wildman–Crippen MR) is 80.7 cm³/mol. The average Bonchev–Trinajstić information content (AvgIpc) is 2.63. The summed E-state index contributed by atoms with van der Waals surface area (Å²) >= 11 is 0. The number of nitrogens with one attached hydrogen (secondary N) is 3. The number of rotatable bonds is 5. The Kier molecular flexibility index (Phi) is 7.08. The Morgan fingerprint density at radius 2 is 2.11 bits per heavy atom. The van der Waals surface area contributed by atoms with Crippen molar-refractivity contribution in [2.24, 2.45) is 11.3 Å². The highest BCUT2D eigenvalue weighted by Crippen LogP contribution is 2.20. The monoisotopic (exact) mass is 288 g/mol. The van der Waals surface area contributed by atoms with E-state index in [1.165, 1.54) is 0 Å². The minimum absolute atomic E-state index is 0. The van der Waals surface area contributed by atoms with Crippen LogP contribution in [-0.4, -0.2) is 29.7 Å². The molecule has 0 spiro atoms. The van der Waals surface area contributed by atoms with Crippen LogP contribution in [0.4, 0.5) is 5.82 Å². The van der Waals surface area contributed by atoms with Gasteiger partial charge in [-0.25, -0.2) is 0 Å². The maximum atomic E-state index is 11.8. The number of carbonyl (C=O) groups is 1. The lowest BCUT2D eigenvalue weighted by atomic mass is 9.91. The van der Waals surface area contributed by atoms with Gasteiger partial charge in [0.25, 0.3) is 0 Å². The molecule has 0 aromatic carbocycles. The molecule has 1 rings (SSSR count). The van der Waals surface area contributed by atoms with E-state index in [0.717, 1.165) is 12.1 Å². The topological polar surface area (TPSA) is 69.8 Å². The van der Waals surface area contributed by atoms with Crippen molar-refractivity contribution in [1.29, 1.82) is 0 Å². The van der Waals surface area contributed by atoms with Crippen molar-refractivity contribution in [3.63, 3.8) is 0 Å². The van der Waals surface area contributed by atoms with Crippen LogP contribution in [0.2, 0.25) is 0 Å². The van der Waals surface area contributed by atoms with Crippen LogP contribution in [0.5, 0.6) is 0 Å². The van der Waals surface area contributed by atoms with Gasteiger partial charge < -0.3 is 10.6 Å². The first-order valence-electron chi connectivity index (χ1n) is 6.31. The lowest BCUT2D eigenvalue weighted by Crippen LogP contribution is -2.28. The molecule has 19 heavy (non-hydrogen) atoms. The quantitative estimate of drug-likeness (QED) is 0.778. The molecule has 6 heteroatoms. The molecule has 5 nitrogen and oxygen atoms in total. The Morgan fingerprint density at radius 3 is 2.63 bits per heavy atom. The molecule has 0 aliphatic rings. The molecule has 0 radical (unpaired) electrons. The van der Waals surface area contributed by atoms with Gasteiger partial charge >= 0.3 is 0 Å². The van der Waals surface area contributed by atoms with Crippen LogP contribution in [0.15, 0.2) is 6.07 Å². The van der Waals surface area contributed by atoms with Crippen LogP contribution in [-0.2, 0) is 11.2 Å². The van der Waals surface area contributed by atoms with Gasteiger partial charge in [-0.2, -0.15) is 5.10 Å². The van der Waals surface area contributed by atoms with Crippen molar-refractivity contribution in [2.45, 2.75) is 34.1 Å². The number of aromatic nitrogens is 2. The zero-order valence-corrected chi connectivity index (χ0v) is 13.1. The van der Waals surface area contributed by atoms with E-state index in [9.17, 15) is 4.79 Å². The van der Waals surface area contributed by atoms with Gasteiger partial charge in [0.2, 0.25) is 5.91 Å². The molecule has 3 N–H and O–H groups in total. The second kappa shape index (κ2) is 7.50. The van der Waals surface area contributed by atoms with E-state index in [4.69, 9.17) is 0 Å². The molecule has 0 aliphatic carbocycles. The molecule has 0 bridgehead atoms. The smallest absolute Gasteiger partial charge is 0.229 e. The summed E-state index contributed by atoms with van der Waals surface area (Å²) in [5, 5.41) is 12.9. The molecule has 1 amide bonds. The molecule has 1 atom stereocenters. The van der Waals surface area contributed by atoms with Crippen molar-refractivity contribution in [2.75, 3.05) is 18.9 Å². The summed E-state index contributed by atoms with van der Waals surface area (Å²) in [6.07, 6.45) is 0.905. The third-order valence-electron chi connectivity index (χ3n) is 2.56. The number of hydrogen-bond donors (Lipinski definition) is 3. The molecule has 110 valence electrons. The minimum atomic E-state index is -0.0715. The first-order chi connectivity index (χ1) is 8.31. The Bertz CT molecular complexity index is 398. The SMILES string of the molecule is CNCC(C)C(=O)Nc1cc(CC(C)(C)C)[nH]n1.Cl. The Balaban J connectivity index is 0.00000324. The average molecular weight is 289 g/mol. The molecular weight excluding hydrogens is 264 g/mol. The number of hydrogen-bond acceptors (Lipinski definition) is 3. The van der Waals surface area contributed by atoms with Crippen LogP contribution in [0.3, 0.4) is 0 Å². The third-order valence-corrected chi connectivity index (χ3v) is 2.56. The van der Waals surface area contributed by atoms with Gasteiger partial charge in [0, 0.05) is 24.2 Å². The molecule has 0 saturated heterocycles. The number of H-pyrrole nitrogens is 1. The largest absolute Gasteiger partial charge is 0.319 e. The molecule has 1 unspecified atom stereocenters. The molecule has 0 aliphatic heterocycles. The van der Waals surface area contributed by atoms with Gasteiger partial charge in [0.15, 0.2) is 5.82 Å². The number of amides is 1. The maximum absolute atomic E-state index is 11.8. The molecule has 0 saturated carbocycles. The molecule has 1 aromatic rings. The lowest BCUT2D eigenvalue weighted by molar-refractivity contribution is -0.119. The fourth-order valence-corrected chi connectivity index (χ4v) is 1.74. The Hall–Kier alpha value is -1.07. The zero-order valence-electron chi connectivity index (χ0n) is 12.3. The predicted octanol–water partition coefficient (Wildman–Crippen LogP) is 2.21. The molecular formula is C13H25ClN4O.